The Balaban J connectivity index is 2.27. The Hall–Kier alpha value is -1.81. The summed E-state index contributed by atoms with van der Waals surface area (Å²) in [6.07, 6.45) is 1.85. The van der Waals surface area contributed by atoms with Crippen LogP contribution in [0.25, 0.3) is 0 Å². The number of hydrogen-bond acceptors (Lipinski definition) is 4. The standard InChI is InChI=1S/C15H18O4/c1-5-9(2)15(16)19-13-7-6-11(17-4)8-12(13)14-10(3)18-14/h5-8,10,14H,1-4H3/t10-,14+/m0/s1. The third kappa shape index (κ3) is 2.96. The van der Waals surface area contributed by atoms with Gasteiger partial charge >= 0.3 is 5.97 Å². The Labute approximate surface area is 113 Å². The maximum atomic E-state index is 11.8. The van der Waals surface area contributed by atoms with E-state index in [2.05, 4.69) is 0 Å². The highest BCUT2D eigenvalue weighted by molar-refractivity contribution is 5.89. The molecule has 0 bridgehead atoms. The van der Waals surface area contributed by atoms with E-state index < -0.39 is 0 Å². The summed E-state index contributed by atoms with van der Waals surface area (Å²) >= 11 is 0. The van der Waals surface area contributed by atoms with Crippen molar-refractivity contribution in [2.75, 3.05) is 7.11 Å². The number of carbonyl (C=O) groups is 1. The van der Waals surface area contributed by atoms with Gasteiger partial charge in [-0.15, -0.1) is 0 Å². The van der Waals surface area contributed by atoms with Crippen molar-refractivity contribution < 1.29 is 19.0 Å². The van der Waals surface area contributed by atoms with Crippen molar-refractivity contribution in [3.8, 4) is 11.5 Å². The molecule has 1 aliphatic heterocycles. The van der Waals surface area contributed by atoms with Gasteiger partial charge in [0, 0.05) is 11.1 Å². The minimum Gasteiger partial charge on any atom is -0.497 e. The zero-order valence-corrected chi connectivity index (χ0v) is 11.6. The number of ether oxygens (including phenoxy) is 3. The van der Waals surface area contributed by atoms with Crippen molar-refractivity contribution in [3.05, 3.63) is 35.4 Å². The fourth-order valence-corrected chi connectivity index (χ4v) is 1.78. The Kier molecular flexibility index (Phi) is 3.90. The molecular formula is C15H18O4. The van der Waals surface area contributed by atoms with Gasteiger partial charge in [0.25, 0.3) is 0 Å². The SMILES string of the molecule is CC=C(C)C(=O)Oc1ccc(OC)cc1[C@@H]1O[C@H]1C. The number of allylic oxidation sites excluding steroid dienone is 1. The molecule has 1 saturated heterocycles. The van der Waals surface area contributed by atoms with Gasteiger partial charge in [-0.1, -0.05) is 6.08 Å². The fourth-order valence-electron chi connectivity index (χ4n) is 1.78. The summed E-state index contributed by atoms with van der Waals surface area (Å²) in [6.45, 7) is 5.51. The zero-order valence-electron chi connectivity index (χ0n) is 11.6. The molecule has 0 N–H and O–H groups in total. The molecule has 0 unspecified atom stereocenters. The van der Waals surface area contributed by atoms with Crippen molar-refractivity contribution in [3.63, 3.8) is 0 Å². The molecule has 1 fully saturated rings. The molecule has 0 amide bonds. The first kappa shape index (κ1) is 13.6. The molecule has 0 saturated carbocycles. The molecule has 0 aromatic heterocycles. The van der Waals surface area contributed by atoms with E-state index in [0.717, 1.165) is 11.3 Å². The summed E-state index contributed by atoms with van der Waals surface area (Å²) in [5, 5.41) is 0. The Morgan fingerprint density at radius 3 is 2.63 bits per heavy atom. The maximum absolute atomic E-state index is 11.8. The Morgan fingerprint density at radius 1 is 1.42 bits per heavy atom. The Morgan fingerprint density at radius 2 is 2.11 bits per heavy atom. The summed E-state index contributed by atoms with van der Waals surface area (Å²) in [4.78, 5) is 11.8. The highest BCUT2D eigenvalue weighted by atomic mass is 16.6. The zero-order chi connectivity index (χ0) is 14.0. The van der Waals surface area contributed by atoms with Gasteiger partial charge in [0.1, 0.15) is 17.6 Å². The average molecular weight is 262 g/mol. The highest BCUT2D eigenvalue weighted by Crippen LogP contribution is 2.44. The first-order valence-electron chi connectivity index (χ1n) is 6.25. The van der Waals surface area contributed by atoms with Crippen molar-refractivity contribution in [2.24, 2.45) is 0 Å². The van der Waals surface area contributed by atoms with Crippen LogP contribution in [0.3, 0.4) is 0 Å². The van der Waals surface area contributed by atoms with Crippen LogP contribution in [0, 0.1) is 0 Å². The lowest BCUT2D eigenvalue weighted by Gasteiger charge is -2.10. The van der Waals surface area contributed by atoms with Crippen LogP contribution in [0.1, 0.15) is 32.4 Å². The van der Waals surface area contributed by atoms with Gasteiger partial charge in [0.05, 0.1) is 13.2 Å². The molecule has 1 heterocycles. The smallest absolute Gasteiger partial charge is 0.338 e. The minimum absolute atomic E-state index is 0.0242. The van der Waals surface area contributed by atoms with E-state index in [9.17, 15) is 4.79 Å². The molecule has 1 aromatic carbocycles. The quantitative estimate of drug-likeness (QED) is 0.362. The third-order valence-electron chi connectivity index (χ3n) is 3.19. The lowest BCUT2D eigenvalue weighted by atomic mass is 10.1. The van der Waals surface area contributed by atoms with Crippen molar-refractivity contribution >= 4 is 5.97 Å². The normalized spacial score (nSPS) is 22.0. The van der Waals surface area contributed by atoms with Crippen LogP contribution in [0.15, 0.2) is 29.8 Å². The van der Waals surface area contributed by atoms with E-state index in [1.807, 2.05) is 13.0 Å². The van der Waals surface area contributed by atoms with Crippen LogP contribution in [0.4, 0.5) is 0 Å². The average Bonchev–Trinajstić information content (AvgIpc) is 3.15. The maximum Gasteiger partial charge on any atom is 0.338 e. The lowest BCUT2D eigenvalue weighted by Crippen LogP contribution is -2.10. The van der Waals surface area contributed by atoms with E-state index in [0.29, 0.717) is 11.3 Å². The van der Waals surface area contributed by atoms with E-state index >= 15 is 0 Å². The van der Waals surface area contributed by atoms with E-state index in [1.165, 1.54) is 0 Å². The molecule has 1 aromatic rings. The second kappa shape index (κ2) is 5.45. The van der Waals surface area contributed by atoms with Gasteiger partial charge in [0.2, 0.25) is 0 Å². The molecule has 0 aliphatic carbocycles. The first-order valence-corrected chi connectivity index (χ1v) is 6.25. The number of rotatable bonds is 4. The molecule has 0 spiro atoms. The van der Waals surface area contributed by atoms with Crippen molar-refractivity contribution in [1.82, 2.24) is 0 Å². The van der Waals surface area contributed by atoms with Crippen molar-refractivity contribution in [1.29, 1.82) is 0 Å². The van der Waals surface area contributed by atoms with E-state index in [-0.39, 0.29) is 18.2 Å². The summed E-state index contributed by atoms with van der Waals surface area (Å²) < 4.78 is 16.0. The van der Waals surface area contributed by atoms with Crippen LogP contribution in [0.5, 0.6) is 11.5 Å². The highest BCUT2D eigenvalue weighted by Gasteiger charge is 2.38. The number of epoxide rings is 1. The molecule has 4 nitrogen and oxygen atoms in total. The van der Waals surface area contributed by atoms with Crippen LogP contribution < -0.4 is 9.47 Å². The molecule has 102 valence electrons. The predicted octanol–water partition coefficient (Wildman–Crippen LogP) is 3.03. The topological polar surface area (TPSA) is 48.1 Å². The van der Waals surface area contributed by atoms with E-state index in [1.54, 1.807) is 39.2 Å². The molecule has 4 heteroatoms. The van der Waals surface area contributed by atoms with Gasteiger partial charge in [0.15, 0.2) is 0 Å². The predicted molar refractivity (Wildman–Crippen MR) is 71.3 cm³/mol. The third-order valence-corrected chi connectivity index (χ3v) is 3.19. The minimum atomic E-state index is -0.345. The number of hydrogen-bond donors (Lipinski definition) is 0. The first-order chi connectivity index (χ1) is 9.06. The van der Waals surface area contributed by atoms with Gasteiger partial charge in [-0.2, -0.15) is 0 Å². The molecule has 2 atom stereocenters. The fraction of sp³-hybridized carbons (Fsp3) is 0.400. The van der Waals surface area contributed by atoms with Gasteiger partial charge < -0.3 is 14.2 Å². The summed E-state index contributed by atoms with van der Waals surface area (Å²) in [5.74, 6) is 0.906. The van der Waals surface area contributed by atoms with E-state index in [4.69, 9.17) is 14.2 Å². The molecule has 0 radical (unpaired) electrons. The van der Waals surface area contributed by atoms with Crippen LogP contribution >= 0.6 is 0 Å². The van der Waals surface area contributed by atoms with Gasteiger partial charge in [-0.25, -0.2) is 4.79 Å². The summed E-state index contributed by atoms with van der Waals surface area (Å²) in [6, 6.07) is 5.36. The Bertz CT molecular complexity index is 519. The van der Waals surface area contributed by atoms with Crippen molar-refractivity contribution in [2.45, 2.75) is 33.0 Å². The number of esters is 1. The largest absolute Gasteiger partial charge is 0.497 e. The molecular weight excluding hydrogens is 244 g/mol. The van der Waals surface area contributed by atoms with Crippen LogP contribution in [0.2, 0.25) is 0 Å². The molecule has 2 rings (SSSR count). The summed E-state index contributed by atoms with van der Waals surface area (Å²) in [7, 11) is 1.60. The van der Waals surface area contributed by atoms with Crippen LogP contribution in [-0.2, 0) is 9.53 Å². The number of methoxy groups -OCH3 is 1. The van der Waals surface area contributed by atoms with Crippen LogP contribution in [-0.4, -0.2) is 19.2 Å². The van der Waals surface area contributed by atoms with Gasteiger partial charge in [-0.05, 0) is 39.0 Å². The second-order valence-electron chi connectivity index (χ2n) is 4.53. The number of benzene rings is 1. The summed E-state index contributed by atoms with van der Waals surface area (Å²) in [5.41, 5.74) is 1.43. The lowest BCUT2D eigenvalue weighted by molar-refractivity contribution is -0.130. The monoisotopic (exact) mass is 262 g/mol. The number of carbonyl (C=O) groups excluding carboxylic acids is 1. The molecule has 19 heavy (non-hydrogen) atoms. The van der Waals surface area contributed by atoms with Gasteiger partial charge in [-0.3, -0.25) is 0 Å². The second-order valence-corrected chi connectivity index (χ2v) is 4.53. The molecule has 1 aliphatic rings.